The number of aliphatic carboxylic acids is 1. The van der Waals surface area contributed by atoms with Crippen LogP contribution < -0.4 is 10.7 Å². The maximum Gasteiger partial charge on any atom is 0.330 e. The molecule has 104 valence electrons. The Labute approximate surface area is 108 Å². The third kappa shape index (κ3) is 4.52. The Hall–Kier alpha value is -1.30. The van der Waals surface area contributed by atoms with Gasteiger partial charge in [0.05, 0.1) is 0 Å². The molecule has 1 aliphatic heterocycles. The van der Waals surface area contributed by atoms with Crippen LogP contribution in [0.3, 0.4) is 0 Å². The standard InChI is InChI=1S/C12H23N3O3/c1-12(2,3)9(10(16)17)13-11(18)14-15-7-5-4-6-8-15/h9H,4-8H2,1-3H3,(H,16,17)(H2,13,14,18). The van der Waals surface area contributed by atoms with Gasteiger partial charge >= 0.3 is 12.0 Å². The first-order valence-electron chi connectivity index (χ1n) is 6.35. The van der Waals surface area contributed by atoms with Crippen molar-refractivity contribution in [3.8, 4) is 0 Å². The lowest BCUT2D eigenvalue weighted by atomic mass is 9.87. The number of hydrogen-bond donors (Lipinski definition) is 3. The second kappa shape index (κ2) is 6.04. The summed E-state index contributed by atoms with van der Waals surface area (Å²) in [5.41, 5.74) is 2.17. The van der Waals surface area contributed by atoms with Crippen LogP contribution in [-0.2, 0) is 4.79 Å². The first-order valence-corrected chi connectivity index (χ1v) is 6.35. The Morgan fingerprint density at radius 1 is 1.17 bits per heavy atom. The van der Waals surface area contributed by atoms with E-state index in [4.69, 9.17) is 5.11 Å². The average Bonchev–Trinajstić information content (AvgIpc) is 2.25. The van der Waals surface area contributed by atoms with Crippen molar-refractivity contribution in [3.05, 3.63) is 0 Å². The van der Waals surface area contributed by atoms with E-state index in [1.54, 1.807) is 20.8 Å². The number of rotatable bonds is 3. The molecule has 0 aromatic rings. The molecule has 1 atom stereocenters. The van der Waals surface area contributed by atoms with Crippen LogP contribution in [0, 0.1) is 5.41 Å². The highest BCUT2D eigenvalue weighted by molar-refractivity contribution is 5.82. The minimum absolute atomic E-state index is 0.445. The monoisotopic (exact) mass is 257 g/mol. The zero-order valence-electron chi connectivity index (χ0n) is 11.3. The number of amides is 2. The van der Waals surface area contributed by atoms with Crippen molar-refractivity contribution in [3.63, 3.8) is 0 Å². The van der Waals surface area contributed by atoms with Gasteiger partial charge in [0.2, 0.25) is 0 Å². The van der Waals surface area contributed by atoms with Crippen LogP contribution >= 0.6 is 0 Å². The minimum atomic E-state index is -1.02. The zero-order chi connectivity index (χ0) is 13.8. The highest BCUT2D eigenvalue weighted by Gasteiger charge is 2.32. The Bertz CT molecular complexity index is 306. The van der Waals surface area contributed by atoms with Crippen molar-refractivity contribution in [1.82, 2.24) is 15.8 Å². The summed E-state index contributed by atoms with van der Waals surface area (Å²) in [5, 5.41) is 13.5. The molecule has 0 bridgehead atoms. The lowest BCUT2D eigenvalue weighted by Gasteiger charge is -2.31. The Morgan fingerprint density at radius 3 is 2.17 bits per heavy atom. The summed E-state index contributed by atoms with van der Waals surface area (Å²) in [6, 6.07) is -1.35. The predicted molar refractivity (Wildman–Crippen MR) is 68.0 cm³/mol. The van der Waals surface area contributed by atoms with Crippen LogP contribution in [0.15, 0.2) is 0 Å². The summed E-state index contributed by atoms with van der Waals surface area (Å²) in [6.45, 7) is 6.99. The van der Waals surface area contributed by atoms with Gasteiger partial charge < -0.3 is 10.4 Å². The Kier molecular flexibility index (Phi) is 4.95. The summed E-state index contributed by atoms with van der Waals surface area (Å²) < 4.78 is 0. The summed E-state index contributed by atoms with van der Waals surface area (Å²) in [5.74, 6) is -1.02. The van der Waals surface area contributed by atoms with Gasteiger partial charge in [-0.2, -0.15) is 0 Å². The van der Waals surface area contributed by atoms with Crippen LogP contribution in [0.2, 0.25) is 0 Å². The van der Waals surface area contributed by atoms with Gasteiger partial charge in [-0.3, -0.25) is 5.43 Å². The Morgan fingerprint density at radius 2 is 1.72 bits per heavy atom. The molecular formula is C12H23N3O3. The van der Waals surface area contributed by atoms with E-state index in [0.717, 1.165) is 25.9 Å². The van der Waals surface area contributed by atoms with Gasteiger partial charge in [0.15, 0.2) is 0 Å². The quantitative estimate of drug-likeness (QED) is 0.709. The van der Waals surface area contributed by atoms with E-state index >= 15 is 0 Å². The zero-order valence-corrected chi connectivity index (χ0v) is 11.3. The predicted octanol–water partition coefficient (Wildman–Crippen LogP) is 1.19. The van der Waals surface area contributed by atoms with Crippen molar-refractivity contribution in [1.29, 1.82) is 0 Å². The molecule has 0 saturated carbocycles. The van der Waals surface area contributed by atoms with Crippen LogP contribution in [0.25, 0.3) is 0 Å². The molecule has 1 unspecified atom stereocenters. The van der Waals surface area contributed by atoms with E-state index < -0.39 is 23.5 Å². The van der Waals surface area contributed by atoms with Gasteiger partial charge in [-0.15, -0.1) is 0 Å². The van der Waals surface area contributed by atoms with Gasteiger partial charge in [0.1, 0.15) is 6.04 Å². The van der Waals surface area contributed by atoms with E-state index in [-0.39, 0.29) is 0 Å². The van der Waals surface area contributed by atoms with Gasteiger partial charge in [-0.25, -0.2) is 14.6 Å². The van der Waals surface area contributed by atoms with Gasteiger partial charge in [-0.05, 0) is 18.3 Å². The molecule has 1 rings (SSSR count). The number of hydrazine groups is 1. The summed E-state index contributed by atoms with van der Waals surface area (Å²) >= 11 is 0. The fourth-order valence-electron chi connectivity index (χ4n) is 1.96. The normalized spacial score (nSPS) is 19.1. The maximum atomic E-state index is 11.7. The van der Waals surface area contributed by atoms with Crippen LogP contribution in [0.1, 0.15) is 40.0 Å². The third-order valence-corrected chi connectivity index (χ3v) is 3.00. The molecule has 6 heteroatoms. The molecule has 0 aromatic heterocycles. The van der Waals surface area contributed by atoms with E-state index in [2.05, 4.69) is 10.7 Å². The third-order valence-electron chi connectivity index (χ3n) is 3.00. The number of carbonyl (C=O) groups is 2. The van der Waals surface area contributed by atoms with E-state index in [0.29, 0.717) is 0 Å². The molecule has 0 radical (unpaired) electrons. The van der Waals surface area contributed by atoms with E-state index in [1.165, 1.54) is 6.42 Å². The molecular weight excluding hydrogens is 234 g/mol. The van der Waals surface area contributed by atoms with Gasteiger partial charge in [0, 0.05) is 13.1 Å². The lowest BCUT2D eigenvalue weighted by Crippen LogP contribution is -2.56. The van der Waals surface area contributed by atoms with Crippen molar-refractivity contribution in [2.24, 2.45) is 5.41 Å². The fourth-order valence-corrected chi connectivity index (χ4v) is 1.96. The lowest BCUT2D eigenvalue weighted by molar-refractivity contribution is -0.141. The van der Waals surface area contributed by atoms with Gasteiger partial charge in [0.25, 0.3) is 0 Å². The first-order chi connectivity index (χ1) is 8.30. The Balaban J connectivity index is 2.48. The summed E-state index contributed by atoms with van der Waals surface area (Å²) in [4.78, 5) is 22.9. The number of nitrogens with one attached hydrogen (secondary N) is 2. The molecule has 2 amide bonds. The topological polar surface area (TPSA) is 81.7 Å². The second-order valence-electron chi connectivity index (χ2n) is 5.77. The van der Waals surface area contributed by atoms with Gasteiger partial charge in [-0.1, -0.05) is 27.2 Å². The van der Waals surface area contributed by atoms with Crippen molar-refractivity contribution in [2.45, 2.75) is 46.1 Å². The van der Waals surface area contributed by atoms with Crippen LogP contribution in [0.5, 0.6) is 0 Å². The molecule has 0 aliphatic carbocycles. The molecule has 1 saturated heterocycles. The largest absolute Gasteiger partial charge is 0.480 e. The smallest absolute Gasteiger partial charge is 0.330 e. The maximum absolute atomic E-state index is 11.7. The number of carboxylic acid groups (broad SMARTS) is 1. The number of hydrogen-bond acceptors (Lipinski definition) is 3. The summed E-state index contributed by atoms with van der Waals surface area (Å²) in [7, 11) is 0. The molecule has 0 spiro atoms. The second-order valence-corrected chi connectivity index (χ2v) is 5.77. The molecule has 3 N–H and O–H groups in total. The fraction of sp³-hybridized carbons (Fsp3) is 0.833. The van der Waals surface area contributed by atoms with E-state index in [1.807, 2.05) is 5.01 Å². The molecule has 1 heterocycles. The number of piperidine rings is 1. The number of carbonyl (C=O) groups excluding carboxylic acids is 1. The van der Waals surface area contributed by atoms with Crippen molar-refractivity contribution in [2.75, 3.05) is 13.1 Å². The first kappa shape index (κ1) is 14.8. The van der Waals surface area contributed by atoms with E-state index in [9.17, 15) is 9.59 Å². The number of nitrogens with zero attached hydrogens (tertiary/aromatic N) is 1. The van der Waals surface area contributed by atoms with Crippen LogP contribution in [0.4, 0.5) is 4.79 Å². The molecule has 0 aromatic carbocycles. The number of carboxylic acids is 1. The SMILES string of the molecule is CC(C)(C)C(NC(=O)NN1CCCCC1)C(=O)O. The molecule has 1 fully saturated rings. The highest BCUT2D eigenvalue weighted by atomic mass is 16.4. The summed E-state index contributed by atoms with van der Waals surface area (Å²) in [6.07, 6.45) is 3.30. The number of urea groups is 1. The van der Waals surface area contributed by atoms with Crippen LogP contribution in [-0.4, -0.2) is 41.2 Å². The molecule has 18 heavy (non-hydrogen) atoms. The molecule has 6 nitrogen and oxygen atoms in total. The highest BCUT2D eigenvalue weighted by Crippen LogP contribution is 2.19. The minimum Gasteiger partial charge on any atom is -0.480 e. The molecule has 1 aliphatic rings. The van der Waals surface area contributed by atoms with Crippen molar-refractivity contribution >= 4 is 12.0 Å². The average molecular weight is 257 g/mol. The van der Waals surface area contributed by atoms with Crippen molar-refractivity contribution < 1.29 is 14.7 Å².